The Morgan fingerprint density at radius 1 is 1.06 bits per heavy atom. The summed E-state index contributed by atoms with van der Waals surface area (Å²) in [4.78, 5) is 0. The van der Waals surface area contributed by atoms with Crippen LogP contribution < -0.4 is 17.0 Å². The topological polar surface area (TPSA) is 0 Å². The molecule has 1 rings (SSSR count). The Kier molecular flexibility index (Phi) is 7.88. The van der Waals surface area contributed by atoms with Crippen LogP contribution in [0.2, 0.25) is 0 Å². The van der Waals surface area contributed by atoms with E-state index in [4.69, 9.17) is 0 Å². The fourth-order valence-electron chi connectivity index (χ4n) is 2.27. The maximum atomic E-state index is 3.90. The zero-order valence-corrected chi connectivity index (χ0v) is 13.1. The molecule has 1 nitrogen and oxygen atoms in total. The van der Waals surface area contributed by atoms with Crippen LogP contribution in [0.25, 0.3) is 0 Å². The average molecular weight is 310 g/mol. The SMILES string of the molecule is C=CC[N+](CC=C)(Cc1ccccc1)C(C)C.[Br-]. The van der Waals surface area contributed by atoms with E-state index in [9.17, 15) is 0 Å². The second-order valence-electron chi connectivity index (χ2n) is 4.90. The van der Waals surface area contributed by atoms with Gasteiger partial charge in [0.05, 0.1) is 19.1 Å². The summed E-state index contributed by atoms with van der Waals surface area (Å²) in [6.07, 6.45) is 4.04. The highest BCUT2D eigenvalue weighted by Gasteiger charge is 2.28. The molecule has 0 heterocycles. The average Bonchev–Trinajstić information content (AvgIpc) is 2.30. The molecule has 0 aliphatic carbocycles. The lowest BCUT2D eigenvalue weighted by Gasteiger charge is -2.41. The van der Waals surface area contributed by atoms with Gasteiger partial charge >= 0.3 is 0 Å². The van der Waals surface area contributed by atoms with E-state index in [1.54, 1.807) is 0 Å². The maximum absolute atomic E-state index is 3.90. The fraction of sp³-hybridized carbons (Fsp3) is 0.375. The molecule has 1 aromatic rings. The van der Waals surface area contributed by atoms with Crippen molar-refractivity contribution in [3.63, 3.8) is 0 Å². The first-order valence-corrected chi connectivity index (χ1v) is 6.26. The van der Waals surface area contributed by atoms with Crippen LogP contribution in [0.5, 0.6) is 0 Å². The Hall–Kier alpha value is -0.860. The predicted octanol–water partition coefficient (Wildman–Crippen LogP) is 0.788. The lowest BCUT2D eigenvalue weighted by Crippen LogP contribution is -3.00. The van der Waals surface area contributed by atoms with Gasteiger partial charge in [0.15, 0.2) is 0 Å². The molecule has 0 fully saturated rings. The summed E-state index contributed by atoms with van der Waals surface area (Å²) in [5.41, 5.74) is 1.38. The van der Waals surface area contributed by atoms with E-state index in [0.29, 0.717) is 6.04 Å². The molecule has 0 radical (unpaired) electrons. The molecule has 0 unspecified atom stereocenters. The van der Waals surface area contributed by atoms with Crippen molar-refractivity contribution in [3.05, 3.63) is 61.2 Å². The first-order valence-electron chi connectivity index (χ1n) is 6.26. The molecular formula is C16H24BrN. The molecule has 2 heteroatoms. The first-order chi connectivity index (χ1) is 8.14. The van der Waals surface area contributed by atoms with Gasteiger partial charge in [0.2, 0.25) is 0 Å². The van der Waals surface area contributed by atoms with E-state index < -0.39 is 0 Å². The van der Waals surface area contributed by atoms with Crippen molar-refractivity contribution in [2.75, 3.05) is 13.1 Å². The van der Waals surface area contributed by atoms with Crippen molar-refractivity contribution >= 4 is 0 Å². The van der Waals surface area contributed by atoms with Crippen LogP contribution in [-0.4, -0.2) is 23.6 Å². The third-order valence-corrected chi connectivity index (χ3v) is 3.42. The molecule has 100 valence electrons. The Balaban J connectivity index is 0.00000289. The van der Waals surface area contributed by atoms with Crippen molar-refractivity contribution in [1.82, 2.24) is 0 Å². The number of rotatable bonds is 7. The summed E-state index contributed by atoms with van der Waals surface area (Å²) in [5, 5.41) is 0. The number of benzene rings is 1. The fourth-order valence-corrected chi connectivity index (χ4v) is 2.27. The molecule has 18 heavy (non-hydrogen) atoms. The molecule has 0 aliphatic rings. The minimum absolute atomic E-state index is 0. The van der Waals surface area contributed by atoms with Gasteiger partial charge in [-0.25, -0.2) is 0 Å². The molecule has 0 saturated heterocycles. The highest BCUT2D eigenvalue weighted by atomic mass is 79.9. The Labute approximate surface area is 122 Å². The second kappa shape index (κ2) is 8.28. The number of nitrogens with zero attached hydrogens (tertiary/aromatic N) is 1. The molecule has 0 aliphatic heterocycles. The lowest BCUT2D eigenvalue weighted by molar-refractivity contribution is -0.950. The molecule has 0 atom stereocenters. The van der Waals surface area contributed by atoms with Gasteiger partial charge in [-0.05, 0) is 26.0 Å². The number of hydrogen-bond acceptors (Lipinski definition) is 0. The standard InChI is InChI=1S/C16H24N.BrH/c1-5-12-17(13-6-2,15(3)4)14-16-10-8-7-9-11-16;/h5-11,15H,1-2,12-14H2,3-4H3;1H/q+1;/p-1. The van der Waals surface area contributed by atoms with Crippen molar-refractivity contribution in [1.29, 1.82) is 0 Å². The van der Waals surface area contributed by atoms with Crippen LogP contribution >= 0.6 is 0 Å². The summed E-state index contributed by atoms with van der Waals surface area (Å²) in [7, 11) is 0. The van der Waals surface area contributed by atoms with Gasteiger partial charge in [0.1, 0.15) is 6.54 Å². The predicted molar refractivity (Wildman–Crippen MR) is 75.7 cm³/mol. The number of quaternary nitrogens is 1. The number of hydrogen-bond donors (Lipinski definition) is 0. The summed E-state index contributed by atoms with van der Waals surface area (Å²) in [5.74, 6) is 0. The smallest absolute Gasteiger partial charge is 0.105 e. The van der Waals surface area contributed by atoms with E-state index in [1.807, 2.05) is 12.2 Å². The minimum atomic E-state index is 0. The van der Waals surface area contributed by atoms with Crippen molar-refractivity contribution in [3.8, 4) is 0 Å². The van der Waals surface area contributed by atoms with Crippen LogP contribution in [0.1, 0.15) is 19.4 Å². The molecule has 0 bridgehead atoms. The third kappa shape index (κ3) is 4.43. The van der Waals surface area contributed by atoms with Crippen molar-refractivity contribution < 1.29 is 21.5 Å². The Morgan fingerprint density at radius 3 is 1.94 bits per heavy atom. The van der Waals surface area contributed by atoms with E-state index in [1.165, 1.54) is 5.56 Å². The molecule has 0 N–H and O–H groups in total. The van der Waals surface area contributed by atoms with Crippen molar-refractivity contribution in [2.45, 2.75) is 26.4 Å². The summed E-state index contributed by atoms with van der Waals surface area (Å²) in [6.45, 7) is 15.4. The van der Waals surface area contributed by atoms with E-state index in [0.717, 1.165) is 24.1 Å². The lowest BCUT2D eigenvalue weighted by atomic mass is 10.1. The Morgan fingerprint density at radius 2 is 1.56 bits per heavy atom. The van der Waals surface area contributed by atoms with Gasteiger partial charge in [-0.15, -0.1) is 0 Å². The molecule has 0 aromatic heterocycles. The van der Waals surface area contributed by atoms with Gasteiger partial charge in [0.25, 0.3) is 0 Å². The zero-order chi connectivity index (χ0) is 12.7. The van der Waals surface area contributed by atoms with Gasteiger partial charge in [0, 0.05) is 5.56 Å². The minimum Gasteiger partial charge on any atom is -1.00 e. The normalized spacial score (nSPS) is 10.8. The molecule has 0 saturated carbocycles. The Bertz CT molecular complexity index is 347. The molecule has 0 spiro atoms. The quantitative estimate of drug-likeness (QED) is 0.516. The summed E-state index contributed by atoms with van der Waals surface area (Å²) in [6, 6.07) is 11.2. The highest BCUT2D eigenvalue weighted by Crippen LogP contribution is 2.19. The highest BCUT2D eigenvalue weighted by molar-refractivity contribution is 5.13. The van der Waals surface area contributed by atoms with Crippen LogP contribution in [0, 0.1) is 0 Å². The van der Waals surface area contributed by atoms with Crippen LogP contribution in [0.3, 0.4) is 0 Å². The third-order valence-electron chi connectivity index (χ3n) is 3.42. The molecule has 1 aromatic carbocycles. The largest absolute Gasteiger partial charge is 1.00 e. The number of halogens is 1. The molecule has 0 amide bonds. The van der Waals surface area contributed by atoms with Crippen LogP contribution in [0.4, 0.5) is 0 Å². The van der Waals surface area contributed by atoms with Crippen molar-refractivity contribution in [2.24, 2.45) is 0 Å². The second-order valence-corrected chi connectivity index (χ2v) is 4.90. The summed E-state index contributed by atoms with van der Waals surface area (Å²) >= 11 is 0. The monoisotopic (exact) mass is 309 g/mol. The molecular weight excluding hydrogens is 286 g/mol. The van der Waals surface area contributed by atoms with Gasteiger partial charge < -0.3 is 21.5 Å². The van der Waals surface area contributed by atoms with Gasteiger partial charge in [-0.3, -0.25) is 0 Å². The zero-order valence-electron chi connectivity index (χ0n) is 11.5. The van der Waals surface area contributed by atoms with E-state index >= 15 is 0 Å². The van der Waals surface area contributed by atoms with Gasteiger partial charge in [-0.2, -0.15) is 0 Å². The first kappa shape index (κ1) is 17.1. The van der Waals surface area contributed by atoms with Crippen LogP contribution in [-0.2, 0) is 6.54 Å². The van der Waals surface area contributed by atoms with Gasteiger partial charge in [-0.1, -0.05) is 43.5 Å². The maximum Gasteiger partial charge on any atom is 0.105 e. The van der Waals surface area contributed by atoms with Crippen LogP contribution in [0.15, 0.2) is 55.6 Å². The van der Waals surface area contributed by atoms with E-state index in [-0.39, 0.29) is 17.0 Å². The summed E-state index contributed by atoms with van der Waals surface area (Å²) < 4.78 is 0.997. The van der Waals surface area contributed by atoms with E-state index in [2.05, 4.69) is 57.3 Å².